The molecule has 2 amide bonds. The number of ether oxygens (including phenoxy) is 2. The summed E-state index contributed by atoms with van der Waals surface area (Å²) in [5, 5.41) is 31.3. The first-order valence-electron chi connectivity index (χ1n) is 20.3. The number of anilines is 8. The van der Waals surface area contributed by atoms with E-state index in [0.717, 1.165) is 18.5 Å². The van der Waals surface area contributed by atoms with E-state index in [1.807, 2.05) is 55.5 Å². The van der Waals surface area contributed by atoms with Gasteiger partial charge >= 0.3 is 6.03 Å². The second-order valence-electron chi connectivity index (χ2n) is 14.5. The molecule has 0 saturated heterocycles. The number of aromatic nitrogens is 14. The molecule has 1 aromatic carbocycles. The molecule has 23 heteroatoms. The first-order chi connectivity index (χ1) is 31.7. The van der Waals surface area contributed by atoms with Gasteiger partial charge in [0.15, 0.2) is 28.7 Å². The largest absolute Gasteiger partial charge is 0.475 e. The molecule has 0 atom stereocenters. The zero-order chi connectivity index (χ0) is 44.7. The molecule has 1 fully saturated rings. The maximum absolute atomic E-state index is 12.1. The maximum atomic E-state index is 12.1. The lowest BCUT2D eigenvalue weighted by molar-refractivity contribution is 0.143. The number of imidazole rings is 2. The number of nitrogens with two attached hydrogens (primary N) is 1. The molecule has 8 N–H and O–H groups in total. The summed E-state index contributed by atoms with van der Waals surface area (Å²) < 4.78 is 14.0. The van der Waals surface area contributed by atoms with Crippen LogP contribution in [0.25, 0.3) is 34.1 Å². The highest BCUT2D eigenvalue weighted by atomic mass is 16.5. The number of hydrogen-bond donors (Lipinski definition) is 7. The van der Waals surface area contributed by atoms with Crippen molar-refractivity contribution in [3.63, 3.8) is 0 Å². The molecule has 0 aliphatic heterocycles. The van der Waals surface area contributed by atoms with Crippen LogP contribution in [-0.4, -0.2) is 102 Å². The van der Waals surface area contributed by atoms with Crippen LogP contribution in [0.4, 0.5) is 51.1 Å². The summed E-state index contributed by atoms with van der Waals surface area (Å²) in [7, 11) is 1.61. The van der Waals surface area contributed by atoms with Crippen molar-refractivity contribution in [1.29, 1.82) is 0 Å². The fourth-order valence-electron chi connectivity index (χ4n) is 6.57. The lowest BCUT2D eigenvalue weighted by Gasteiger charge is -2.10. The number of methoxy groups -OCH3 is 1. The molecule has 0 unspecified atom stereocenters. The predicted molar refractivity (Wildman–Crippen MR) is 241 cm³/mol. The van der Waals surface area contributed by atoms with Crippen LogP contribution in [0.5, 0.6) is 5.88 Å². The van der Waals surface area contributed by atoms with Gasteiger partial charge in [-0.1, -0.05) is 6.07 Å². The Balaban J connectivity index is 0.000000165. The Hall–Kier alpha value is -8.86. The average Bonchev–Trinajstić information content (AvgIpc) is 3.62. The van der Waals surface area contributed by atoms with Gasteiger partial charge in [-0.05, 0) is 69.2 Å². The molecule has 8 heterocycles. The molecule has 1 saturated carbocycles. The van der Waals surface area contributed by atoms with Crippen LogP contribution in [0.2, 0.25) is 0 Å². The highest BCUT2D eigenvalue weighted by Crippen LogP contribution is 2.33. The van der Waals surface area contributed by atoms with Gasteiger partial charge < -0.3 is 41.8 Å². The van der Waals surface area contributed by atoms with Crippen molar-refractivity contribution in [1.82, 2.24) is 74.6 Å². The Morgan fingerprint density at radius 3 is 2.14 bits per heavy atom. The van der Waals surface area contributed by atoms with Gasteiger partial charge in [0.2, 0.25) is 5.88 Å². The van der Waals surface area contributed by atoms with Crippen molar-refractivity contribution in [3.8, 4) is 28.7 Å². The Morgan fingerprint density at radius 2 is 1.45 bits per heavy atom. The smallest absolute Gasteiger partial charge is 0.319 e. The van der Waals surface area contributed by atoms with Gasteiger partial charge in [0, 0.05) is 67.4 Å². The van der Waals surface area contributed by atoms with Crippen LogP contribution in [0.15, 0.2) is 97.7 Å². The third kappa shape index (κ3) is 10.1. The average molecular weight is 875 g/mol. The lowest BCUT2D eigenvalue weighted by atomic mass is 10.2. The zero-order valence-corrected chi connectivity index (χ0v) is 35.3. The number of nitrogens with zero attached hydrogens (tertiary/aromatic N) is 13. The summed E-state index contributed by atoms with van der Waals surface area (Å²) in [6, 6.07) is 21.9. The van der Waals surface area contributed by atoms with Crippen LogP contribution in [-0.2, 0) is 4.74 Å². The monoisotopic (exact) mass is 874 g/mol. The van der Waals surface area contributed by atoms with Crippen LogP contribution in [0.1, 0.15) is 24.5 Å². The van der Waals surface area contributed by atoms with E-state index >= 15 is 0 Å². The molecule has 65 heavy (non-hydrogen) atoms. The molecule has 10 rings (SSSR count). The normalized spacial score (nSPS) is 12.0. The predicted octanol–water partition coefficient (Wildman–Crippen LogP) is 5.62. The van der Waals surface area contributed by atoms with Crippen LogP contribution in [0, 0.1) is 13.8 Å². The highest BCUT2D eigenvalue weighted by Gasteiger charge is 2.24. The molecule has 8 aromatic heterocycles. The number of urea groups is 1. The summed E-state index contributed by atoms with van der Waals surface area (Å²) in [6.45, 7) is 4.44. The Bertz CT molecular complexity index is 3070. The SMILES string of the molecule is COCCOc1cc(Nc2cc(-c3c(Nc4cc[nH]n4)nc4cccnn34)nc(C)n2)ncn1.Cc1nc(N)cc(-c2c(Nc3cccc(NC(=O)NC4CC4)c3)nc3cccnn23)n1. The van der Waals surface area contributed by atoms with E-state index in [9.17, 15) is 4.79 Å². The van der Waals surface area contributed by atoms with E-state index in [4.69, 9.17) is 15.2 Å². The number of fused-ring (bicyclic) bond motifs is 2. The van der Waals surface area contributed by atoms with Crippen LogP contribution < -0.4 is 37.1 Å². The number of carbonyl (C=O) groups is 1. The zero-order valence-electron chi connectivity index (χ0n) is 35.3. The number of nitrogen functional groups attached to an aromatic ring is 1. The molecule has 9 aromatic rings. The van der Waals surface area contributed by atoms with Gasteiger partial charge in [-0.3, -0.25) is 5.10 Å². The van der Waals surface area contributed by atoms with Gasteiger partial charge in [-0.25, -0.2) is 53.7 Å². The Kier molecular flexibility index (Phi) is 11.9. The number of aryl methyl sites for hydroxylation is 2. The number of carbonyl (C=O) groups excluding carboxylic acids is 1. The topological polar surface area (TPSA) is 288 Å². The van der Waals surface area contributed by atoms with E-state index in [-0.39, 0.29) is 12.1 Å². The lowest BCUT2D eigenvalue weighted by Crippen LogP contribution is -2.30. The highest BCUT2D eigenvalue weighted by molar-refractivity contribution is 5.90. The van der Waals surface area contributed by atoms with Gasteiger partial charge in [0.25, 0.3) is 0 Å². The maximum Gasteiger partial charge on any atom is 0.319 e. The fraction of sp³-hybridized carbons (Fsp3) is 0.190. The number of aromatic amines is 1. The van der Waals surface area contributed by atoms with Gasteiger partial charge in [-0.2, -0.15) is 15.3 Å². The van der Waals surface area contributed by atoms with Crippen molar-refractivity contribution in [2.75, 3.05) is 47.3 Å². The molecular weight excluding hydrogens is 833 g/mol. The molecule has 23 nitrogen and oxygen atoms in total. The minimum atomic E-state index is -0.204. The van der Waals surface area contributed by atoms with Gasteiger partial charge in [-0.15, -0.1) is 0 Å². The third-order valence-electron chi connectivity index (χ3n) is 9.45. The Labute approximate surface area is 369 Å². The van der Waals surface area contributed by atoms with Crippen molar-refractivity contribution in [2.24, 2.45) is 0 Å². The summed E-state index contributed by atoms with van der Waals surface area (Å²) in [6.07, 6.45) is 8.58. The second-order valence-corrected chi connectivity index (χ2v) is 14.5. The number of rotatable bonds is 14. The second kappa shape index (κ2) is 18.6. The number of nitrogens with one attached hydrogen (secondary N) is 6. The van der Waals surface area contributed by atoms with E-state index < -0.39 is 0 Å². The number of H-pyrrole nitrogens is 1. The Morgan fingerprint density at radius 1 is 0.738 bits per heavy atom. The van der Waals surface area contributed by atoms with Crippen molar-refractivity contribution < 1.29 is 14.3 Å². The van der Waals surface area contributed by atoms with E-state index in [0.29, 0.717) is 105 Å². The number of hydrogen-bond acceptors (Lipinski definition) is 18. The molecule has 0 radical (unpaired) electrons. The first-order valence-corrected chi connectivity index (χ1v) is 20.3. The minimum absolute atomic E-state index is 0.204. The van der Waals surface area contributed by atoms with Crippen LogP contribution in [0.3, 0.4) is 0 Å². The standard InChI is InChI=1S/C21H21N11O2.C21H21N9O/c1-13-26-14(10-17(27-13)28-16-11-19(23-12-22-16)34-9-8-33-2)20-21(29-15-5-7-24-31-15)30-18-4-3-6-25-32(18)20;1-12-24-16(11-17(22)25-12)19-20(29-18-6-3-9-23-30(18)19)26-14-4-2-5-15(10-14)28-21(31)27-13-7-8-13/h3-7,10-12H,8-9H2,1-2H3,(H2,24,29,31)(H,22,23,26,27,28);2-6,9-11,13,26H,7-8H2,1H3,(H2,22,24,25)(H2,27,28,31). The van der Waals surface area contributed by atoms with Crippen molar-refractivity contribution in [2.45, 2.75) is 32.7 Å². The fourth-order valence-corrected chi connectivity index (χ4v) is 6.57. The summed E-state index contributed by atoms with van der Waals surface area (Å²) in [5.41, 5.74) is 11.3. The molecule has 1 aliphatic carbocycles. The molecule has 328 valence electrons. The van der Waals surface area contributed by atoms with Crippen molar-refractivity contribution >= 4 is 63.6 Å². The summed E-state index contributed by atoms with van der Waals surface area (Å²) >= 11 is 0. The third-order valence-corrected chi connectivity index (χ3v) is 9.45. The summed E-state index contributed by atoms with van der Waals surface area (Å²) in [4.78, 5) is 47.6. The van der Waals surface area contributed by atoms with Gasteiger partial charge in [0.1, 0.15) is 53.4 Å². The number of benzene rings is 1. The number of amides is 2. The molecular formula is C42H42N20O3. The molecule has 1 aliphatic rings. The van der Waals surface area contributed by atoms with Crippen LogP contribution >= 0.6 is 0 Å². The van der Waals surface area contributed by atoms with E-state index in [2.05, 4.69) is 86.9 Å². The molecule has 0 spiro atoms. The first kappa shape index (κ1) is 41.5. The van der Waals surface area contributed by atoms with E-state index in [1.165, 1.54) is 6.33 Å². The summed E-state index contributed by atoms with van der Waals surface area (Å²) in [5.74, 6) is 4.72. The van der Waals surface area contributed by atoms with E-state index in [1.54, 1.807) is 65.9 Å². The minimum Gasteiger partial charge on any atom is -0.475 e. The van der Waals surface area contributed by atoms with Crippen molar-refractivity contribution in [3.05, 3.63) is 109 Å². The quantitative estimate of drug-likeness (QED) is 0.0652. The molecule has 0 bridgehead atoms. The van der Waals surface area contributed by atoms with Gasteiger partial charge in [0.05, 0.1) is 18.0 Å².